The van der Waals surface area contributed by atoms with Crippen molar-refractivity contribution < 1.29 is 9.53 Å². The van der Waals surface area contributed by atoms with E-state index >= 15 is 0 Å². The first-order valence-electron chi connectivity index (χ1n) is 8.98. The predicted molar refractivity (Wildman–Crippen MR) is 111 cm³/mol. The number of piperidine rings is 1. The molecule has 2 rings (SSSR count). The molecule has 1 aliphatic rings. The van der Waals surface area contributed by atoms with Gasteiger partial charge in [-0.05, 0) is 38.7 Å². The van der Waals surface area contributed by atoms with Crippen LogP contribution >= 0.6 is 24.8 Å². The van der Waals surface area contributed by atoms with Crippen LogP contribution in [-0.2, 0) is 16.0 Å². The maximum atomic E-state index is 12.3. The van der Waals surface area contributed by atoms with Crippen LogP contribution in [0.4, 0.5) is 0 Å². The van der Waals surface area contributed by atoms with Crippen molar-refractivity contribution in [3.8, 4) is 0 Å². The molecule has 5 nitrogen and oxygen atoms in total. The van der Waals surface area contributed by atoms with Crippen molar-refractivity contribution in [2.75, 3.05) is 26.2 Å². The zero-order valence-electron chi connectivity index (χ0n) is 15.7. The summed E-state index contributed by atoms with van der Waals surface area (Å²) in [6, 6.07) is 9.67. The molecule has 0 bridgehead atoms. The highest BCUT2D eigenvalue weighted by Gasteiger charge is 2.23. The monoisotopic (exact) mass is 405 g/mol. The van der Waals surface area contributed by atoms with Crippen LogP contribution in [0.1, 0.15) is 32.3 Å². The van der Waals surface area contributed by atoms with E-state index in [2.05, 4.69) is 24.1 Å². The second kappa shape index (κ2) is 13.3. The SMILES string of the molecule is CC(C)OCCN1CCC(NC(=O)C(N)Cc2ccccc2)CC1.Cl.Cl. The predicted octanol–water partition coefficient (Wildman–Crippen LogP) is 2.41. The van der Waals surface area contributed by atoms with Crippen molar-refractivity contribution in [3.05, 3.63) is 35.9 Å². The van der Waals surface area contributed by atoms with Crippen molar-refractivity contribution >= 4 is 30.7 Å². The molecule has 0 aliphatic carbocycles. The van der Waals surface area contributed by atoms with Crippen LogP contribution in [0.3, 0.4) is 0 Å². The maximum Gasteiger partial charge on any atom is 0.237 e. The number of hydrogen-bond acceptors (Lipinski definition) is 4. The van der Waals surface area contributed by atoms with E-state index < -0.39 is 6.04 Å². The number of ether oxygens (including phenoxy) is 1. The fraction of sp³-hybridized carbons (Fsp3) is 0.632. The number of benzene rings is 1. The van der Waals surface area contributed by atoms with Gasteiger partial charge in [-0.15, -0.1) is 24.8 Å². The second-order valence-electron chi connectivity index (χ2n) is 6.84. The summed E-state index contributed by atoms with van der Waals surface area (Å²) in [5.41, 5.74) is 7.15. The molecule has 1 saturated heterocycles. The van der Waals surface area contributed by atoms with Crippen LogP contribution < -0.4 is 11.1 Å². The van der Waals surface area contributed by atoms with Gasteiger partial charge in [-0.3, -0.25) is 4.79 Å². The van der Waals surface area contributed by atoms with Crippen LogP contribution in [-0.4, -0.2) is 55.2 Å². The highest BCUT2D eigenvalue weighted by atomic mass is 35.5. The van der Waals surface area contributed by atoms with E-state index in [0.717, 1.165) is 44.6 Å². The van der Waals surface area contributed by atoms with Gasteiger partial charge in [0.25, 0.3) is 0 Å². The van der Waals surface area contributed by atoms with Crippen molar-refractivity contribution in [2.45, 2.75) is 51.3 Å². The number of hydrogen-bond donors (Lipinski definition) is 2. The summed E-state index contributed by atoms with van der Waals surface area (Å²) >= 11 is 0. The van der Waals surface area contributed by atoms with Crippen LogP contribution in [0.2, 0.25) is 0 Å². The molecule has 1 aliphatic heterocycles. The molecule has 0 spiro atoms. The van der Waals surface area contributed by atoms with Crippen LogP contribution in [0.15, 0.2) is 30.3 Å². The smallest absolute Gasteiger partial charge is 0.237 e. The van der Waals surface area contributed by atoms with Gasteiger partial charge in [-0.2, -0.15) is 0 Å². The molecular formula is C19H33Cl2N3O2. The van der Waals surface area contributed by atoms with Gasteiger partial charge in [-0.25, -0.2) is 0 Å². The van der Waals surface area contributed by atoms with Gasteiger partial charge in [0.1, 0.15) is 0 Å². The lowest BCUT2D eigenvalue weighted by molar-refractivity contribution is -0.123. The zero-order chi connectivity index (χ0) is 17.4. The number of amides is 1. The Morgan fingerprint density at radius 2 is 1.85 bits per heavy atom. The first-order chi connectivity index (χ1) is 11.5. The van der Waals surface area contributed by atoms with Gasteiger partial charge in [0, 0.05) is 25.7 Å². The van der Waals surface area contributed by atoms with Crippen LogP contribution in [0, 0.1) is 0 Å². The highest BCUT2D eigenvalue weighted by Crippen LogP contribution is 2.11. The number of carbonyl (C=O) groups is 1. The Bertz CT molecular complexity index is 495. The number of nitrogens with zero attached hydrogens (tertiary/aromatic N) is 1. The molecule has 1 heterocycles. The third kappa shape index (κ3) is 9.19. The van der Waals surface area contributed by atoms with Gasteiger partial charge >= 0.3 is 0 Å². The standard InChI is InChI=1S/C19H31N3O2.2ClH/c1-15(2)24-13-12-22-10-8-17(9-11-22)21-19(23)18(20)14-16-6-4-3-5-7-16;;/h3-7,15,17-18H,8-14,20H2,1-2H3,(H,21,23);2*1H. The summed E-state index contributed by atoms with van der Waals surface area (Å²) < 4.78 is 5.60. The van der Waals surface area contributed by atoms with E-state index in [1.54, 1.807) is 0 Å². The summed E-state index contributed by atoms with van der Waals surface area (Å²) in [4.78, 5) is 14.7. The van der Waals surface area contributed by atoms with Crippen molar-refractivity contribution in [1.82, 2.24) is 10.2 Å². The largest absolute Gasteiger partial charge is 0.377 e. The fourth-order valence-corrected chi connectivity index (χ4v) is 2.99. The second-order valence-corrected chi connectivity index (χ2v) is 6.84. The molecule has 1 aromatic rings. The Balaban J connectivity index is 0.00000312. The number of nitrogens with one attached hydrogen (secondary N) is 1. The van der Waals surface area contributed by atoms with Gasteiger partial charge < -0.3 is 20.7 Å². The van der Waals surface area contributed by atoms with Crippen LogP contribution in [0.25, 0.3) is 0 Å². The Morgan fingerprint density at radius 1 is 1.23 bits per heavy atom. The minimum Gasteiger partial charge on any atom is -0.377 e. The van der Waals surface area contributed by atoms with Gasteiger partial charge in [0.15, 0.2) is 0 Å². The van der Waals surface area contributed by atoms with Gasteiger partial charge in [0.2, 0.25) is 5.91 Å². The molecule has 0 radical (unpaired) electrons. The lowest BCUT2D eigenvalue weighted by Gasteiger charge is -2.32. The third-order valence-electron chi connectivity index (χ3n) is 4.43. The van der Waals surface area contributed by atoms with Gasteiger partial charge in [0.05, 0.1) is 18.8 Å². The van der Waals surface area contributed by atoms with E-state index in [9.17, 15) is 4.79 Å². The van der Waals surface area contributed by atoms with E-state index in [4.69, 9.17) is 10.5 Å². The molecule has 3 N–H and O–H groups in total. The normalized spacial score (nSPS) is 16.5. The average molecular weight is 406 g/mol. The molecule has 1 atom stereocenters. The Labute approximate surface area is 169 Å². The van der Waals surface area contributed by atoms with E-state index in [1.807, 2.05) is 30.3 Å². The fourth-order valence-electron chi connectivity index (χ4n) is 2.99. The molecule has 0 saturated carbocycles. The molecule has 1 fully saturated rings. The molecule has 1 aromatic carbocycles. The van der Waals surface area contributed by atoms with E-state index in [-0.39, 0.29) is 42.9 Å². The topological polar surface area (TPSA) is 67.6 Å². The molecule has 150 valence electrons. The molecule has 1 amide bonds. The lowest BCUT2D eigenvalue weighted by Crippen LogP contribution is -2.50. The number of rotatable bonds is 8. The summed E-state index contributed by atoms with van der Waals surface area (Å²) in [6.45, 7) is 7.85. The van der Waals surface area contributed by atoms with Crippen molar-refractivity contribution in [2.24, 2.45) is 5.73 Å². The molecule has 0 aromatic heterocycles. The quantitative estimate of drug-likeness (QED) is 0.696. The molecule has 7 heteroatoms. The Morgan fingerprint density at radius 3 is 2.42 bits per heavy atom. The Hall–Kier alpha value is -0.850. The number of likely N-dealkylation sites (tertiary alicyclic amines) is 1. The summed E-state index contributed by atoms with van der Waals surface area (Å²) in [5.74, 6) is -0.0413. The van der Waals surface area contributed by atoms with Crippen molar-refractivity contribution in [3.63, 3.8) is 0 Å². The van der Waals surface area contributed by atoms with E-state index in [1.165, 1.54) is 0 Å². The first-order valence-corrected chi connectivity index (χ1v) is 8.98. The number of nitrogens with two attached hydrogens (primary N) is 1. The third-order valence-corrected chi connectivity index (χ3v) is 4.43. The maximum absolute atomic E-state index is 12.3. The first kappa shape index (κ1) is 25.1. The highest BCUT2D eigenvalue weighted by molar-refractivity contribution is 5.85. The molecule has 26 heavy (non-hydrogen) atoms. The minimum absolute atomic E-state index is 0. The summed E-state index contributed by atoms with van der Waals surface area (Å²) in [5, 5.41) is 3.11. The summed E-state index contributed by atoms with van der Waals surface area (Å²) in [6.07, 6.45) is 2.82. The summed E-state index contributed by atoms with van der Waals surface area (Å²) in [7, 11) is 0. The molecular weight excluding hydrogens is 373 g/mol. The average Bonchev–Trinajstić information content (AvgIpc) is 2.57. The number of halogens is 2. The van der Waals surface area contributed by atoms with E-state index in [0.29, 0.717) is 6.42 Å². The lowest BCUT2D eigenvalue weighted by atomic mass is 10.0. The van der Waals surface area contributed by atoms with Crippen molar-refractivity contribution in [1.29, 1.82) is 0 Å². The molecule has 1 unspecified atom stereocenters. The zero-order valence-corrected chi connectivity index (χ0v) is 17.4. The Kier molecular flexibility index (Phi) is 12.9. The van der Waals surface area contributed by atoms with Gasteiger partial charge in [-0.1, -0.05) is 30.3 Å². The number of carbonyl (C=O) groups excluding carboxylic acids is 1. The van der Waals surface area contributed by atoms with Crippen LogP contribution in [0.5, 0.6) is 0 Å². The minimum atomic E-state index is -0.482.